The van der Waals surface area contributed by atoms with E-state index in [4.69, 9.17) is 5.73 Å². The minimum atomic E-state index is 0.682. The molecule has 3 heteroatoms. The molecule has 0 saturated carbocycles. The number of fused-ring (bicyclic) bond motifs is 1. The summed E-state index contributed by atoms with van der Waals surface area (Å²) in [4.78, 5) is 9.11. The van der Waals surface area contributed by atoms with Gasteiger partial charge in [0.15, 0.2) is 0 Å². The first-order valence-electron chi connectivity index (χ1n) is 6.42. The quantitative estimate of drug-likeness (QED) is 0.875. The number of aromatic nitrogens is 2. The smallest absolute Gasteiger partial charge is 0.135 e. The number of aryl methyl sites for hydroxylation is 2. The van der Waals surface area contributed by atoms with Gasteiger partial charge in [0.25, 0.3) is 0 Å². The minimum absolute atomic E-state index is 0.682. The largest absolute Gasteiger partial charge is 0.383 e. The van der Waals surface area contributed by atoms with Crippen LogP contribution in [0.25, 0.3) is 0 Å². The number of nitrogens with two attached hydrogens (primary N) is 1. The summed E-state index contributed by atoms with van der Waals surface area (Å²) < 4.78 is 0. The molecule has 2 aromatic rings. The summed E-state index contributed by atoms with van der Waals surface area (Å²) in [6, 6.07) is 8.35. The van der Waals surface area contributed by atoms with Gasteiger partial charge in [-0.15, -0.1) is 0 Å². The van der Waals surface area contributed by atoms with Crippen LogP contribution >= 0.6 is 0 Å². The van der Waals surface area contributed by atoms with Crippen LogP contribution in [0.5, 0.6) is 0 Å². The Hall–Kier alpha value is -1.90. The summed E-state index contributed by atoms with van der Waals surface area (Å²) in [7, 11) is 0. The minimum Gasteiger partial charge on any atom is -0.383 e. The van der Waals surface area contributed by atoms with E-state index < -0.39 is 0 Å². The van der Waals surface area contributed by atoms with E-state index in [-0.39, 0.29) is 0 Å². The van der Waals surface area contributed by atoms with Crippen molar-refractivity contribution in [3.63, 3.8) is 0 Å². The average Bonchev–Trinajstić information content (AvgIpc) is 2.81. The average molecular weight is 239 g/mol. The molecule has 0 aliphatic heterocycles. The lowest BCUT2D eigenvalue weighted by Gasteiger charge is -2.08. The zero-order valence-electron chi connectivity index (χ0n) is 10.6. The highest BCUT2D eigenvalue weighted by molar-refractivity contribution is 5.45. The van der Waals surface area contributed by atoms with Crippen LogP contribution in [0.4, 0.5) is 5.82 Å². The van der Waals surface area contributed by atoms with Gasteiger partial charge in [-0.25, -0.2) is 9.97 Å². The summed E-state index contributed by atoms with van der Waals surface area (Å²) in [5.74, 6) is 1.53. The molecule has 3 nitrogen and oxygen atoms in total. The normalized spacial score (nSPS) is 13.6. The molecule has 1 aliphatic carbocycles. The van der Waals surface area contributed by atoms with E-state index in [1.54, 1.807) is 0 Å². The summed E-state index contributed by atoms with van der Waals surface area (Å²) in [6.45, 7) is 2.12. The number of hydrogen-bond acceptors (Lipinski definition) is 3. The van der Waals surface area contributed by atoms with Crippen LogP contribution in [-0.4, -0.2) is 9.97 Å². The first-order chi connectivity index (χ1) is 8.74. The van der Waals surface area contributed by atoms with Gasteiger partial charge in [0, 0.05) is 17.7 Å². The van der Waals surface area contributed by atoms with Gasteiger partial charge in [0.05, 0.1) is 0 Å². The Balaban J connectivity index is 1.95. The van der Waals surface area contributed by atoms with Gasteiger partial charge in [0.1, 0.15) is 11.6 Å². The van der Waals surface area contributed by atoms with Crippen LogP contribution in [0.2, 0.25) is 0 Å². The lowest BCUT2D eigenvalue weighted by atomic mass is 10.1. The van der Waals surface area contributed by atoms with Gasteiger partial charge in [-0.1, -0.05) is 24.3 Å². The maximum Gasteiger partial charge on any atom is 0.135 e. The van der Waals surface area contributed by atoms with E-state index in [0.717, 1.165) is 37.2 Å². The van der Waals surface area contributed by atoms with Crippen LogP contribution < -0.4 is 5.73 Å². The molecule has 0 amide bonds. The van der Waals surface area contributed by atoms with Gasteiger partial charge >= 0.3 is 0 Å². The monoisotopic (exact) mass is 239 g/mol. The van der Waals surface area contributed by atoms with Crippen molar-refractivity contribution in [2.45, 2.75) is 32.6 Å². The predicted octanol–water partition coefficient (Wildman–Crippen LogP) is 2.45. The predicted molar refractivity (Wildman–Crippen MR) is 72.5 cm³/mol. The fraction of sp³-hybridized carbons (Fsp3) is 0.333. The molecular formula is C15H17N3. The highest BCUT2D eigenvalue weighted by atomic mass is 15.0. The van der Waals surface area contributed by atoms with E-state index >= 15 is 0 Å². The molecule has 1 aromatic heterocycles. The van der Waals surface area contributed by atoms with Crippen molar-refractivity contribution in [2.24, 2.45) is 0 Å². The fourth-order valence-electron chi connectivity index (χ4n) is 2.57. The standard InChI is InChI=1S/C15H17N3/c1-10-5-2-3-6-11(10)9-14-17-13-8-4-7-12(13)15(16)18-14/h2-3,5-6H,4,7-9H2,1H3,(H2,16,17,18). The number of rotatable bonds is 2. The fourth-order valence-corrected chi connectivity index (χ4v) is 2.57. The lowest BCUT2D eigenvalue weighted by Crippen LogP contribution is -2.06. The van der Waals surface area contributed by atoms with Crippen molar-refractivity contribution < 1.29 is 0 Å². The summed E-state index contributed by atoms with van der Waals surface area (Å²) in [6.07, 6.45) is 4.00. The highest BCUT2D eigenvalue weighted by Crippen LogP contribution is 2.25. The molecule has 92 valence electrons. The number of nitrogen functional groups attached to an aromatic ring is 1. The molecule has 0 spiro atoms. The molecule has 0 radical (unpaired) electrons. The molecule has 0 bridgehead atoms. The second-order valence-electron chi connectivity index (χ2n) is 4.91. The van der Waals surface area contributed by atoms with Crippen LogP contribution in [0.3, 0.4) is 0 Å². The van der Waals surface area contributed by atoms with E-state index in [1.807, 2.05) is 0 Å². The van der Waals surface area contributed by atoms with Crippen molar-refractivity contribution >= 4 is 5.82 Å². The number of anilines is 1. The third-order valence-corrected chi connectivity index (χ3v) is 3.62. The highest BCUT2D eigenvalue weighted by Gasteiger charge is 2.17. The third-order valence-electron chi connectivity index (χ3n) is 3.62. The molecular weight excluding hydrogens is 222 g/mol. The van der Waals surface area contributed by atoms with Gasteiger partial charge in [-0.05, 0) is 37.3 Å². The molecule has 3 rings (SSSR count). The molecule has 1 aliphatic rings. The first kappa shape index (κ1) is 11.2. The topological polar surface area (TPSA) is 51.8 Å². The number of hydrogen-bond donors (Lipinski definition) is 1. The molecule has 1 heterocycles. The van der Waals surface area contributed by atoms with E-state index in [1.165, 1.54) is 16.7 Å². The second-order valence-corrected chi connectivity index (χ2v) is 4.91. The van der Waals surface area contributed by atoms with Gasteiger partial charge < -0.3 is 5.73 Å². The van der Waals surface area contributed by atoms with E-state index in [9.17, 15) is 0 Å². The summed E-state index contributed by atoms with van der Waals surface area (Å²) in [5.41, 5.74) is 10.9. The van der Waals surface area contributed by atoms with Crippen LogP contribution in [0.1, 0.15) is 34.6 Å². The van der Waals surface area contributed by atoms with E-state index in [2.05, 4.69) is 41.2 Å². The molecule has 0 fully saturated rings. The summed E-state index contributed by atoms with van der Waals surface area (Å²) in [5, 5.41) is 0. The van der Waals surface area contributed by atoms with Crippen LogP contribution in [-0.2, 0) is 19.3 Å². The Bertz CT molecular complexity index is 590. The molecule has 0 unspecified atom stereocenters. The lowest BCUT2D eigenvalue weighted by molar-refractivity contribution is 0.885. The molecule has 1 aromatic carbocycles. The first-order valence-corrected chi connectivity index (χ1v) is 6.42. The zero-order chi connectivity index (χ0) is 12.5. The molecule has 18 heavy (non-hydrogen) atoms. The number of nitrogens with zero attached hydrogens (tertiary/aromatic N) is 2. The Morgan fingerprint density at radius 2 is 2.00 bits per heavy atom. The number of benzene rings is 1. The van der Waals surface area contributed by atoms with Crippen molar-refractivity contribution in [1.82, 2.24) is 9.97 Å². The molecule has 0 atom stereocenters. The van der Waals surface area contributed by atoms with E-state index in [0.29, 0.717) is 5.82 Å². The van der Waals surface area contributed by atoms with Crippen molar-refractivity contribution in [3.05, 3.63) is 52.5 Å². The Kier molecular flexibility index (Phi) is 2.74. The van der Waals surface area contributed by atoms with Gasteiger partial charge in [-0.2, -0.15) is 0 Å². The Morgan fingerprint density at radius 1 is 1.17 bits per heavy atom. The summed E-state index contributed by atoms with van der Waals surface area (Å²) >= 11 is 0. The van der Waals surface area contributed by atoms with Crippen molar-refractivity contribution in [2.75, 3.05) is 5.73 Å². The van der Waals surface area contributed by atoms with Crippen LogP contribution in [0.15, 0.2) is 24.3 Å². The SMILES string of the molecule is Cc1ccccc1Cc1nc(N)c2c(n1)CCC2. The van der Waals surface area contributed by atoms with Gasteiger partial charge in [0.2, 0.25) is 0 Å². The van der Waals surface area contributed by atoms with Crippen molar-refractivity contribution in [3.8, 4) is 0 Å². The molecule has 0 saturated heterocycles. The maximum atomic E-state index is 6.01. The van der Waals surface area contributed by atoms with Gasteiger partial charge in [-0.3, -0.25) is 0 Å². The molecule has 2 N–H and O–H groups in total. The van der Waals surface area contributed by atoms with Crippen LogP contribution in [0, 0.1) is 6.92 Å². The Morgan fingerprint density at radius 3 is 2.83 bits per heavy atom. The maximum absolute atomic E-state index is 6.01. The zero-order valence-corrected chi connectivity index (χ0v) is 10.6. The third kappa shape index (κ3) is 1.96. The second kappa shape index (κ2) is 4.41. The Labute approximate surface area is 107 Å². The van der Waals surface area contributed by atoms with Crippen molar-refractivity contribution in [1.29, 1.82) is 0 Å².